The maximum atomic E-state index is 11.5. The molecule has 0 heterocycles. The average Bonchev–Trinajstić information content (AvgIpc) is 2.19. The second kappa shape index (κ2) is 4.68. The maximum Gasteiger partial charge on any atom is 0.340 e. The lowest BCUT2D eigenvalue weighted by molar-refractivity contribution is 0.0602. The fourth-order valence-electron chi connectivity index (χ4n) is 1.28. The van der Waals surface area contributed by atoms with Crippen LogP contribution in [0.5, 0.6) is 0 Å². The van der Waals surface area contributed by atoms with E-state index in [1.54, 1.807) is 18.2 Å². The van der Waals surface area contributed by atoms with Gasteiger partial charge in [0.1, 0.15) is 0 Å². The zero-order chi connectivity index (χ0) is 11.4. The zero-order valence-corrected chi connectivity index (χ0v) is 9.20. The lowest BCUT2D eigenvalue weighted by atomic mass is 10.1. The Morgan fingerprint density at radius 2 is 2.13 bits per heavy atom. The van der Waals surface area contributed by atoms with Crippen LogP contribution in [0.15, 0.2) is 18.2 Å². The molecule has 0 amide bonds. The predicted octanol–water partition coefficient (Wildman–Crippen LogP) is 1.88. The second-order valence-electron chi connectivity index (χ2n) is 3.60. The van der Waals surface area contributed by atoms with Gasteiger partial charge < -0.3 is 15.8 Å². The Morgan fingerprint density at radius 3 is 2.67 bits per heavy atom. The van der Waals surface area contributed by atoms with Crippen LogP contribution >= 0.6 is 0 Å². The van der Waals surface area contributed by atoms with Crippen LogP contribution in [0, 0.1) is 0 Å². The van der Waals surface area contributed by atoms with Gasteiger partial charge in [-0.3, -0.25) is 0 Å². The first kappa shape index (κ1) is 11.4. The SMILES string of the molecule is COC(=O)c1cc(N)ccc1NC(C)C. The van der Waals surface area contributed by atoms with Crippen molar-refractivity contribution in [3.8, 4) is 0 Å². The molecule has 0 aliphatic carbocycles. The van der Waals surface area contributed by atoms with E-state index in [0.717, 1.165) is 5.69 Å². The summed E-state index contributed by atoms with van der Waals surface area (Å²) in [6.07, 6.45) is 0. The van der Waals surface area contributed by atoms with Gasteiger partial charge in [0.05, 0.1) is 12.7 Å². The first-order valence-corrected chi connectivity index (χ1v) is 4.79. The molecule has 4 heteroatoms. The fraction of sp³-hybridized carbons (Fsp3) is 0.364. The number of benzene rings is 1. The third-order valence-electron chi connectivity index (χ3n) is 1.89. The van der Waals surface area contributed by atoms with Crippen LogP contribution in [0.1, 0.15) is 24.2 Å². The Bertz CT molecular complexity index is 362. The molecule has 0 aliphatic heterocycles. The highest BCUT2D eigenvalue weighted by Gasteiger charge is 2.12. The van der Waals surface area contributed by atoms with Gasteiger partial charge in [-0.05, 0) is 32.0 Å². The van der Waals surface area contributed by atoms with Crippen molar-refractivity contribution >= 4 is 17.3 Å². The van der Waals surface area contributed by atoms with Crippen molar-refractivity contribution in [2.24, 2.45) is 0 Å². The molecule has 0 fully saturated rings. The quantitative estimate of drug-likeness (QED) is 0.588. The largest absolute Gasteiger partial charge is 0.465 e. The molecule has 3 N–H and O–H groups in total. The average molecular weight is 208 g/mol. The monoisotopic (exact) mass is 208 g/mol. The summed E-state index contributed by atoms with van der Waals surface area (Å²) in [5.41, 5.74) is 7.37. The van der Waals surface area contributed by atoms with Gasteiger partial charge in [-0.1, -0.05) is 0 Å². The molecular formula is C11H16N2O2. The summed E-state index contributed by atoms with van der Waals surface area (Å²) in [5.74, 6) is -0.384. The van der Waals surface area contributed by atoms with E-state index in [0.29, 0.717) is 11.3 Å². The maximum absolute atomic E-state index is 11.5. The highest BCUT2D eigenvalue weighted by molar-refractivity contribution is 5.96. The number of hydrogen-bond donors (Lipinski definition) is 2. The third-order valence-corrected chi connectivity index (χ3v) is 1.89. The number of rotatable bonds is 3. The van der Waals surface area contributed by atoms with Crippen LogP contribution in [0.25, 0.3) is 0 Å². The van der Waals surface area contributed by atoms with Crippen molar-refractivity contribution in [2.45, 2.75) is 19.9 Å². The molecule has 0 saturated carbocycles. The fourth-order valence-corrected chi connectivity index (χ4v) is 1.28. The molecule has 15 heavy (non-hydrogen) atoms. The molecule has 1 rings (SSSR count). The Hall–Kier alpha value is -1.71. The minimum Gasteiger partial charge on any atom is -0.465 e. The highest BCUT2D eigenvalue weighted by atomic mass is 16.5. The van der Waals surface area contributed by atoms with Crippen LogP contribution in [0.2, 0.25) is 0 Å². The van der Waals surface area contributed by atoms with E-state index in [1.165, 1.54) is 7.11 Å². The molecule has 0 aliphatic rings. The summed E-state index contributed by atoms with van der Waals surface area (Å²) in [6.45, 7) is 3.99. The number of methoxy groups -OCH3 is 1. The van der Waals surface area contributed by atoms with E-state index in [2.05, 4.69) is 10.1 Å². The van der Waals surface area contributed by atoms with Gasteiger partial charge in [-0.15, -0.1) is 0 Å². The summed E-state index contributed by atoms with van der Waals surface area (Å²) in [7, 11) is 1.35. The van der Waals surface area contributed by atoms with Crippen LogP contribution in [-0.2, 0) is 4.74 Å². The molecule has 1 aromatic carbocycles. The van der Waals surface area contributed by atoms with Gasteiger partial charge in [-0.25, -0.2) is 4.79 Å². The van der Waals surface area contributed by atoms with Gasteiger partial charge in [0, 0.05) is 17.4 Å². The Kier molecular flexibility index (Phi) is 3.55. The van der Waals surface area contributed by atoms with Gasteiger partial charge in [0.25, 0.3) is 0 Å². The number of esters is 1. The first-order valence-electron chi connectivity index (χ1n) is 4.79. The van der Waals surface area contributed by atoms with E-state index in [9.17, 15) is 4.79 Å². The van der Waals surface area contributed by atoms with Crippen LogP contribution in [0.3, 0.4) is 0 Å². The summed E-state index contributed by atoms with van der Waals surface area (Å²) in [6, 6.07) is 5.38. The van der Waals surface area contributed by atoms with Gasteiger partial charge in [0.2, 0.25) is 0 Å². The summed E-state index contributed by atoms with van der Waals surface area (Å²) < 4.78 is 4.68. The molecule has 0 spiro atoms. The van der Waals surface area contributed by atoms with Crippen LogP contribution < -0.4 is 11.1 Å². The Morgan fingerprint density at radius 1 is 1.47 bits per heavy atom. The van der Waals surface area contributed by atoms with Crippen LogP contribution in [-0.4, -0.2) is 19.1 Å². The van der Waals surface area contributed by atoms with E-state index in [4.69, 9.17) is 5.73 Å². The highest BCUT2D eigenvalue weighted by Crippen LogP contribution is 2.20. The lowest BCUT2D eigenvalue weighted by Crippen LogP contribution is -2.14. The predicted molar refractivity (Wildman–Crippen MR) is 61.0 cm³/mol. The van der Waals surface area contributed by atoms with Crippen molar-refractivity contribution < 1.29 is 9.53 Å². The van der Waals surface area contributed by atoms with E-state index >= 15 is 0 Å². The minimum absolute atomic E-state index is 0.247. The number of carbonyl (C=O) groups excluding carboxylic acids is 1. The summed E-state index contributed by atoms with van der Waals surface area (Å²) in [5, 5.41) is 3.16. The second-order valence-corrected chi connectivity index (χ2v) is 3.60. The Balaban J connectivity index is 3.08. The molecule has 0 aromatic heterocycles. The zero-order valence-electron chi connectivity index (χ0n) is 9.20. The van der Waals surface area contributed by atoms with Crippen LogP contribution in [0.4, 0.5) is 11.4 Å². The van der Waals surface area contributed by atoms with Gasteiger partial charge in [0.15, 0.2) is 0 Å². The summed E-state index contributed by atoms with van der Waals surface area (Å²) >= 11 is 0. The van der Waals surface area contributed by atoms with Crippen molar-refractivity contribution in [2.75, 3.05) is 18.2 Å². The van der Waals surface area contributed by atoms with E-state index in [-0.39, 0.29) is 12.0 Å². The van der Waals surface area contributed by atoms with Gasteiger partial charge >= 0.3 is 5.97 Å². The number of carbonyl (C=O) groups is 1. The molecule has 0 bridgehead atoms. The Labute approximate surface area is 89.4 Å². The van der Waals surface area contributed by atoms with Crippen molar-refractivity contribution in [1.82, 2.24) is 0 Å². The van der Waals surface area contributed by atoms with Crippen molar-refractivity contribution in [3.63, 3.8) is 0 Å². The minimum atomic E-state index is -0.384. The summed E-state index contributed by atoms with van der Waals surface area (Å²) in [4.78, 5) is 11.5. The number of anilines is 2. The number of nitrogens with one attached hydrogen (secondary N) is 1. The van der Waals surface area contributed by atoms with Gasteiger partial charge in [-0.2, -0.15) is 0 Å². The number of nitrogens with two attached hydrogens (primary N) is 1. The lowest BCUT2D eigenvalue weighted by Gasteiger charge is -2.13. The molecule has 0 radical (unpaired) electrons. The third kappa shape index (κ3) is 2.87. The molecular weight excluding hydrogens is 192 g/mol. The molecule has 0 unspecified atom stereocenters. The van der Waals surface area contributed by atoms with E-state index in [1.807, 2.05) is 13.8 Å². The van der Waals surface area contributed by atoms with Crippen molar-refractivity contribution in [1.29, 1.82) is 0 Å². The smallest absolute Gasteiger partial charge is 0.340 e. The molecule has 0 atom stereocenters. The normalized spacial score (nSPS) is 10.1. The molecule has 0 saturated heterocycles. The standard InChI is InChI=1S/C11H16N2O2/c1-7(2)13-10-5-4-8(12)6-9(10)11(14)15-3/h4-7,13H,12H2,1-3H3. The first-order chi connectivity index (χ1) is 7.04. The number of ether oxygens (including phenoxy) is 1. The molecule has 82 valence electrons. The number of hydrogen-bond acceptors (Lipinski definition) is 4. The van der Waals surface area contributed by atoms with E-state index < -0.39 is 0 Å². The topological polar surface area (TPSA) is 64.3 Å². The number of nitrogen functional groups attached to an aromatic ring is 1. The van der Waals surface area contributed by atoms with Crippen molar-refractivity contribution in [3.05, 3.63) is 23.8 Å². The molecule has 1 aromatic rings. The molecule has 4 nitrogen and oxygen atoms in total.